The Labute approximate surface area is 120 Å². The molecule has 2 bridgehead atoms. The predicted molar refractivity (Wildman–Crippen MR) is 76.3 cm³/mol. The van der Waals surface area contributed by atoms with Gasteiger partial charge in [-0.05, 0) is 71.1 Å². The Morgan fingerprint density at radius 1 is 1.37 bits per heavy atom. The molecule has 1 aromatic rings. The molecule has 2 aliphatic rings. The second kappa shape index (κ2) is 5.23. The van der Waals surface area contributed by atoms with Gasteiger partial charge in [-0.15, -0.1) is 0 Å². The predicted octanol–water partition coefficient (Wildman–Crippen LogP) is 4.35. The number of anilines is 1. The van der Waals surface area contributed by atoms with Crippen molar-refractivity contribution < 1.29 is 9.18 Å². The van der Waals surface area contributed by atoms with Gasteiger partial charge in [-0.3, -0.25) is 4.79 Å². The summed E-state index contributed by atoms with van der Waals surface area (Å²) in [4.78, 5) is 12.1. The smallest absolute Gasteiger partial charge is 0.224 e. The van der Waals surface area contributed by atoms with E-state index in [1.165, 1.54) is 37.8 Å². The number of amides is 1. The molecule has 0 spiro atoms. The molecule has 3 rings (SSSR count). The highest BCUT2D eigenvalue weighted by molar-refractivity contribution is 9.10. The first-order chi connectivity index (χ1) is 9.11. The van der Waals surface area contributed by atoms with Crippen LogP contribution in [0.5, 0.6) is 0 Å². The highest BCUT2D eigenvalue weighted by Crippen LogP contribution is 2.49. The van der Waals surface area contributed by atoms with E-state index in [-0.39, 0.29) is 11.7 Å². The molecular weight excluding hydrogens is 309 g/mol. The second-order valence-corrected chi connectivity index (χ2v) is 6.67. The minimum atomic E-state index is -0.335. The number of hydrogen-bond acceptors (Lipinski definition) is 1. The highest BCUT2D eigenvalue weighted by atomic mass is 79.9. The van der Waals surface area contributed by atoms with Crippen molar-refractivity contribution in [1.82, 2.24) is 0 Å². The Kier molecular flexibility index (Phi) is 3.61. The summed E-state index contributed by atoms with van der Waals surface area (Å²) in [6, 6.07) is 4.33. The van der Waals surface area contributed by atoms with Crippen molar-refractivity contribution >= 4 is 27.5 Å². The summed E-state index contributed by atoms with van der Waals surface area (Å²) in [5.41, 5.74) is 0.521. The van der Waals surface area contributed by atoms with E-state index in [4.69, 9.17) is 0 Å². The molecule has 2 saturated carbocycles. The first-order valence-corrected chi connectivity index (χ1v) is 7.66. The van der Waals surface area contributed by atoms with Crippen LogP contribution in [0.15, 0.2) is 22.7 Å². The first kappa shape index (κ1) is 13.1. The van der Waals surface area contributed by atoms with Crippen molar-refractivity contribution in [1.29, 1.82) is 0 Å². The van der Waals surface area contributed by atoms with Crippen LogP contribution in [0.2, 0.25) is 0 Å². The monoisotopic (exact) mass is 325 g/mol. The Bertz CT molecular complexity index is 505. The molecule has 0 radical (unpaired) electrons. The minimum absolute atomic E-state index is 0.00356. The van der Waals surface area contributed by atoms with Crippen molar-refractivity contribution in [3.63, 3.8) is 0 Å². The molecule has 2 nitrogen and oxygen atoms in total. The fourth-order valence-corrected chi connectivity index (χ4v) is 4.00. The highest BCUT2D eigenvalue weighted by Gasteiger charge is 2.40. The lowest BCUT2D eigenvalue weighted by Gasteiger charge is -2.21. The van der Waals surface area contributed by atoms with Crippen LogP contribution >= 0.6 is 15.9 Å². The second-order valence-electron chi connectivity index (χ2n) is 5.81. The Morgan fingerprint density at radius 2 is 2.21 bits per heavy atom. The van der Waals surface area contributed by atoms with Crippen LogP contribution in [0.1, 0.15) is 32.1 Å². The van der Waals surface area contributed by atoms with Crippen LogP contribution in [0, 0.1) is 23.6 Å². The third kappa shape index (κ3) is 2.83. The number of carbonyl (C=O) groups is 1. The molecular formula is C15H17BrFNO. The number of rotatable bonds is 3. The van der Waals surface area contributed by atoms with Crippen molar-refractivity contribution in [2.24, 2.45) is 17.8 Å². The van der Waals surface area contributed by atoms with Gasteiger partial charge in [0.25, 0.3) is 0 Å². The van der Waals surface area contributed by atoms with Gasteiger partial charge in [-0.2, -0.15) is 0 Å². The summed E-state index contributed by atoms with van der Waals surface area (Å²) in [6.07, 6.45) is 5.71. The normalized spacial score (nSPS) is 28.6. The van der Waals surface area contributed by atoms with E-state index in [0.717, 1.165) is 16.3 Å². The number of hydrogen-bond donors (Lipinski definition) is 1. The molecule has 0 heterocycles. The molecule has 0 aliphatic heterocycles. The van der Waals surface area contributed by atoms with Gasteiger partial charge in [0.1, 0.15) is 5.82 Å². The molecule has 1 N–H and O–H groups in total. The molecule has 3 unspecified atom stereocenters. The maximum atomic E-state index is 13.2. The summed E-state index contributed by atoms with van der Waals surface area (Å²) >= 11 is 3.32. The number of halogens is 2. The lowest BCUT2D eigenvalue weighted by atomic mass is 9.86. The summed E-state index contributed by atoms with van der Waals surface area (Å²) in [5.74, 6) is 1.80. The zero-order valence-electron chi connectivity index (χ0n) is 10.7. The summed E-state index contributed by atoms with van der Waals surface area (Å²) in [7, 11) is 0. The summed E-state index contributed by atoms with van der Waals surface area (Å²) in [5, 5.41) is 2.81. The summed E-state index contributed by atoms with van der Waals surface area (Å²) in [6.45, 7) is 0. The molecule has 19 heavy (non-hydrogen) atoms. The molecule has 0 saturated heterocycles. The van der Waals surface area contributed by atoms with E-state index >= 15 is 0 Å². The van der Waals surface area contributed by atoms with Gasteiger partial charge < -0.3 is 5.32 Å². The van der Waals surface area contributed by atoms with Gasteiger partial charge in [0.15, 0.2) is 0 Å². The average Bonchev–Trinajstić information content (AvgIpc) is 2.96. The molecule has 4 heteroatoms. The zero-order valence-corrected chi connectivity index (χ0v) is 12.2. The van der Waals surface area contributed by atoms with Crippen molar-refractivity contribution in [3.8, 4) is 0 Å². The fraction of sp³-hybridized carbons (Fsp3) is 0.533. The molecule has 1 aromatic carbocycles. The van der Waals surface area contributed by atoms with Gasteiger partial charge in [0.2, 0.25) is 5.91 Å². The molecule has 2 aliphatic carbocycles. The number of carbonyl (C=O) groups excluding carboxylic acids is 1. The zero-order chi connectivity index (χ0) is 13.4. The lowest BCUT2D eigenvalue weighted by molar-refractivity contribution is -0.117. The largest absolute Gasteiger partial charge is 0.325 e. The Morgan fingerprint density at radius 3 is 2.89 bits per heavy atom. The Balaban J connectivity index is 1.61. The van der Waals surface area contributed by atoms with Crippen LogP contribution < -0.4 is 5.32 Å². The van der Waals surface area contributed by atoms with Crippen molar-refractivity contribution in [2.75, 3.05) is 5.32 Å². The van der Waals surface area contributed by atoms with Gasteiger partial charge in [-0.25, -0.2) is 4.39 Å². The van der Waals surface area contributed by atoms with Crippen molar-refractivity contribution in [3.05, 3.63) is 28.5 Å². The topological polar surface area (TPSA) is 29.1 Å². The van der Waals surface area contributed by atoms with Gasteiger partial charge in [0, 0.05) is 10.9 Å². The van der Waals surface area contributed by atoms with Crippen LogP contribution in [-0.4, -0.2) is 5.91 Å². The maximum Gasteiger partial charge on any atom is 0.224 e. The maximum absolute atomic E-state index is 13.2. The number of fused-ring (bicyclic) bond motifs is 2. The van der Waals surface area contributed by atoms with Crippen LogP contribution in [-0.2, 0) is 4.79 Å². The van der Waals surface area contributed by atoms with E-state index in [9.17, 15) is 9.18 Å². The van der Waals surface area contributed by atoms with Crippen LogP contribution in [0.25, 0.3) is 0 Å². The van der Waals surface area contributed by atoms with Crippen LogP contribution in [0.4, 0.5) is 10.1 Å². The standard InChI is InChI=1S/C15H17BrFNO/c16-13-4-3-12(17)8-14(13)18-15(19)7-11-6-9-1-2-10(11)5-9/h3-4,8-11H,1-2,5-7H2,(H,18,19). The molecule has 3 atom stereocenters. The lowest BCUT2D eigenvalue weighted by Crippen LogP contribution is -2.20. The molecule has 2 fully saturated rings. The van der Waals surface area contributed by atoms with Crippen molar-refractivity contribution in [2.45, 2.75) is 32.1 Å². The third-order valence-corrected chi connectivity index (χ3v) is 5.23. The van der Waals surface area contributed by atoms with Gasteiger partial charge >= 0.3 is 0 Å². The van der Waals surface area contributed by atoms with Gasteiger partial charge in [0.05, 0.1) is 5.69 Å². The molecule has 0 aromatic heterocycles. The SMILES string of the molecule is O=C(CC1CC2CCC1C2)Nc1cc(F)ccc1Br. The quantitative estimate of drug-likeness (QED) is 0.879. The van der Waals surface area contributed by atoms with E-state index in [2.05, 4.69) is 21.2 Å². The first-order valence-electron chi connectivity index (χ1n) is 6.86. The average molecular weight is 326 g/mol. The van der Waals surface area contributed by atoms with E-state index in [0.29, 0.717) is 18.0 Å². The third-order valence-electron chi connectivity index (χ3n) is 4.53. The van der Waals surface area contributed by atoms with E-state index < -0.39 is 0 Å². The van der Waals surface area contributed by atoms with E-state index in [1.807, 2.05) is 0 Å². The fourth-order valence-electron chi connectivity index (χ4n) is 3.66. The number of benzene rings is 1. The molecule has 102 valence electrons. The molecule has 1 amide bonds. The van der Waals surface area contributed by atoms with Gasteiger partial charge in [-0.1, -0.05) is 6.42 Å². The summed E-state index contributed by atoms with van der Waals surface area (Å²) < 4.78 is 13.9. The Hall–Kier alpha value is -0.900. The minimum Gasteiger partial charge on any atom is -0.325 e. The number of nitrogens with one attached hydrogen (secondary N) is 1. The van der Waals surface area contributed by atoms with Crippen LogP contribution in [0.3, 0.4) is 0 Å². The van der Waals surface area contributed by atoms with E-state index in [1.54, 1.807) is 6.07 Å².